The van der Waals surface area contributed by atoms with Crippen molar-refractivity contribution in [2.75, 3.05) is 10.6 Å². The van der Waals surface area contributed by atoms with Crippen LogP contribution in [0.5, 0.6) is 0 Å². The van der Waals surface area contributed by atoms with Gasteiger partial charge in [-0.3, -0.25) is 29.1 Å². The molecule has 7 N–H and O–H groups in total. The topological polar surface area (TPSA) is 219 Å². The Morgan fingerprint density at radius 3 is 2.11 bits per heavy atom. The molecule has 0 radical (unpaired) electrons. The number of hydrogen-bond donors (Lipinski definition) is 5. The van der Waals surface area contributed by atoms with Crippen molar-refractivity contribution in [1.82, 2.24) is 38.7 Å². The molecule has 0 bridgehead atoms. The summed E-state index contributed by atoms with van der Waals surface area (Å²) in [6, 6.07) is 11.9. The Morgan fingerprint density at radius 1 is 0.868 bits per heavy atom. The fourth-order valence-corrected chi connectivity index (χ4v) is 6.96. The van der Waals surface area contributed by atoms with E-state index in [0.717, 1.165) is 41.7 Å². The second kappa shape index (κ2) is 14.4. The summed E-state index contributed by atoms with van der Waals surface area (Å²) in [5.41, 5.74) is 17.7. The Morgan fingerprint density at radius 2 is 1.49 bits per heavy atom. The molecule has 16 heteroatoms. The van der Waals surface area contributed by atoms with E-state index in [9.17, 15) is 19.5 Å². The maximum Gasteiger partial charge on any atom is 0.276 e. The number of nitrogens with two attached hydrogens (primary N) is 2. The normalized spacial score (nSPS) is 16.5. The molecule has 3 amide bonds. The van der Waals surface area contributed by atoms with Gasteiger partial charge in [0.15, 0.2) is 6.23 Å². The first-order valence-electron chi connectivity index (χ1n) is 17.6. The van der Waals surface area contributed by atoms with Crippen molar-refractivity contribution < 1.29 is 19.5 Å². The first kappa shape index (κ1) is 35.1. The fraction of sp³-hybridized carbons (Fsp3) is 0.324. The Balaban J connectivity index is 1.31. The maximum absolute atomic E-state index is 14.1. The number of aryl methyl sites for hydroxylation is 4. The minimum absolute atomic E-state index is 0.303. The number of aromatic nitrogens is 8. The minimum atomic E-state index is -1.13. The van der Waals surface area contributed by atoms with Gasteiger partial charge in [-0.1, -0.05) is 18.6 Å². The molecule has 1 unspecified atom stereocenters. The SMILES string of the molecule is CCn1nc(C)c2c1C(=O)Nc1nc3cc(C(N)=O)ccc3n1C/C=C/Cn1c(nc3cc(C(N)=O)ccc31)NC(O)c1cc(C)nn1CCCCC2. The van der Waals surface area contributed by atoms with E-state index in [1.807, 2.05) is 52.8 Å². The van der Waals surface area contributed by atoms with E-state index < -0.39 is 18.0 Å². The van der Waals surface area contributed by atoms with Gasteiger partial charge in [-0.2, -0.15) is 10.2 Å². The number of fused-ring (bicyclic) bond motifs is 8. The summed E-state index contributed by atoms with van der Waals surface area (Å²) >= 11 is 0. The standard InChI is InChI=1S/C37H42N12O4/c1-4-48-31-25(22(3)45-48)10-6-5-7-17-49-30(18-21(2)44-49)34(52)42-36-40-26-19-23(32(38)50)11-13-28(26)46(36)15-8-9-16-47-29-14-12-24(33(39)51)20-27(29)41-37(47)43-35(31)53/h8-9,11-14,18-20,34,52H,4-7,10,15-17H2,1-3H3,(H2,38,50)(H2,39,51)(H,40,42)(H,41,43,53)/b9-8+. The summed E-state index contributed by atoms with van der Waals surface area (Å²) < 4.78 is 7.28. The molecule has 1 atom stereocenters. The number of nitrogens with zero attached hydrogens (tertiary/aromatic N) is 8. The highest BCUT2D eigenvalue weighted by Gasteiger charge is 2.24. The van der Waals surface area contributed by atoms with Gasteiger partial charge in [0.25, 0.3) is 5.91 Å². The predicted octanol–water partition coefficient (Wildman–Crippen LogP) is 3.95. The zero-order chi connectivity index (χ0) is 37.4. The van der Waals surface area contributed by atoms with Crippen molar-refractivity contribution >= 4 is 51.7 Å². The number of imidazole rings is 2. The van der Waals surface area contributed by atoms with Crippen molar-refractivity contribution in [2.24, 2.45) is 11.5 Å². The average molecular weight is 719 g/mol. The molecule has 0 aliphatic carbocycles. The summed E-state index contributed by atoms with van der Waals surface area (Å²) in [5, 5.41) is 27.0. The van der Waals surface area contributed by atoms with E-state index in [0.29, 0.717) is 83.6 Å². The molecule has 1 aliphatic heterocycles. The van der Waals surface area contributed by atoms with Crippen LogP contribution in [0.2, 0.25) is 0 Å². The number of nitrogens with one attached hydrogen (secondary N) is 2. The minimum Gasteiger partial charge on any atom is -0.368 e. The molecular weight excluding hydrogens is 676 g/mol. The lowest BCUT2D eigenvalue weighted by molar-refractivity contribution is 0.0992. The van der Waals surface area contributed by atoms with Gasteiger partial charge in [0.1, 0.15) is 5.69 Å². The van der Waals surface area contributed by atoms with Crippen LogP contribution in [0.4, 0.5) is 11.9 Å². The van der Waals surface area contributed by atoms with Crippen molar-refractivity contribution in [2.45, 2.75) is 78.9 Å². The molecule has 0 saturated heterocycles. The lowest BCUT2D eigenvalue weighted by Crippen LogP contribution is -2.21. The van der Waals surface area contributed by atoms with Crippen LogP contribution < -0.4 is 22.1 Å². The molecule has 2 aromatic carbocycles. The predicted molar refractivity (Wildman–Crippen MR) is 199 cm³/mol. The third-order valence-electron chi connectivity index (χ3n) is 9.58. The first-order valence-corrected chi connectivity index (χ1v) is 17.6. The quantitative estimate of drug-likeness (QED) is 0.167. The molecule has 0 saturated carbocycles. The molecular formula is C37H42N12O4. The van der Waals surface area contributed by atoms with Crippen molar-refractivity contribution in [1.29, 1.82) is 0 Å². The number of amides is 3. The van der Waals surface area contributed by atoms with Crippen LogP contribution in [0.3, 0.4) is 0 Å². The summed E-state index contributed by atoms with van der Waals surface area (Å²) in [4.78, 5) is 47.5. The number of allylic oxidation sites excluding steroid dienone is 2. The molecule has 5 heterocycles. The summed E-state index contributed by atoms with van der Waals surface area (Å²) in [6.45, 7) is 7.48. The third-order valence-corrected chi connectivity index (χ3v) is 9.58. The number of aliphatic hydroxyl groups is 1. The van der Waals surface area contributed by atoms with Gasteiger partial charge < -0.3 is 31.0 Å². The van der Waals surface area contributed by atoms with Gasteiger partial charge in [-0.15, -0.1) is 0 Å². The van der Waals surface area contributed by atoms with Gasteiger partial charge in [-0.05, 0) is 82.5 Å². The Hall–Kier alpha value is -6.29. The van der Waals surface area contributed by atoms with Crippen molar-refractivity contribution in [3.63, 3.8) is 0 Å². The zero-order valence-corrected chi connectivity index (χ0v) is 29.8. The number of hydrogen-bond acceptors (Lipinski definition) is 9. The second-order valence-electron chi connectivity index (χ2n) is 13.2. The molecule has 6 aromatic rings. The van der Waals surface area contributed by atoms with E-state index in [4.69, 9.17) is 21.4 Å². The maximum atomic E-state index is 14.1. The highest BCUT2D eigenvalue weighted by molar-refractivity contribution is 6.04. The number of primary amides is 2. The smallest absolute Gasteiger partial charge is 0.276 e. The Bertz CT molecular complexity index is 2410. The highest BCUT2D eigenvalue weighted by Crippen LogP contribution is 2.27. The van der Waals surface area contributed by atoms with Gasteiger partial charge in [0.2, 0.25) is 23.7 Å². The molecule has 16 nitrogen and oxygen atoms in total. The van der Waals surface area contributed by atoms with Crippen LogP contribution in [0.25, 0.3) is 22.1 Å². The summed E-state index contributed by atoms with van der Waals surface area (Å²) in [7, 11) is 0. The molecule has 0 fully saturated rings. The van der Waals surface area contributed by atoms with Crippen LogP contribution in [-0.4, -0.2) is 61.5 Å². The largest absolute Gasteiger partial charge is 0.368 e. The molecule has 4 aromatic heterocycles. The van der Waals surface area contributed by atoms with Gasteiger partial charge in [-0.25, -0.2) is 9.97 Å². The summed E-state index contributed by atoms with van der Waals surface area (Å²) in [5.74, 6) is -0.794. The average Bonchev–Trinajstić information content (AvgIpc) is 3.86. The van der Waals surface area contributed by atoms with Crippen LogP contribution in [0.15, 0.2) is 54.6 Å². The van der Waals surface area contributed by atoms with Gasteiger partial charge in [0, 0.05) is 42.9 Å². The number of carbonyl (C=O) groups excluding carboxylic acids is 3. The Labute approximate surface area is 304 Å². The van der Waals surface area contributed by atoms with E-state index in [-0.39, 0.29) is 5.91 Å². The molecule has 1 aliphatic rings. The van der Waals surface area contributed by atoms with Gasteiger partial charge in [0.05, 0.1) is 39.1 Å². The number of carbonyl (C=O) groups is 3. The molecule has 7 rings (SSSR count). The number of rotatable bonds is 3. The number of anilines is 2. The second-order valence-corrected chi connectivity index (χ2v) is 13.2. The van der Waals surface area contributed by atoms with E-state index in [1.54, 1.807) is 41.1 Å². The van der Waals surface area contributed by atoms with Crippen LogP contribution in [0, 0.1) is 13.8 Å². The number of benzene rings is 2. The van der Waals surface area contributed by atoms with Crippen molar-refractivity contribution in [3.05, 3.63) is 94.1 Å². The van der Waals surface area contributed by atoms with E-state index in [1.165, 1.54) is 0 Å². The monoisotopic (exact) mass is 718 g/mol. The first-order chi connectivity index (χ1) is 25.5. The Kier molecular flexibility index (Phi) is 9.53. The summed E-state index contributed by atoms with van der Waals surface area (Å²) in [6.07, 6.45) is 5.83. The fourth-order valence-electron chi connectivity index (χ4n) is 6.96. The van der Waals surface area contributed by atoms with Crippen molar-refractivity contribution in [3.8, 4) is 0 Å². The molecule has 53 heavy (non-hydrogen) atoms. The van der Waals surface area contributed by atoms with Crippen LogP contribution in [0.1, 0.15) is 86.3 Å². The lowest BCUT2D eigenvalue weighted by atomic mass is 10.0. The highest BCUT2D eigenvalue weighted by atomic mass is 16.3. The lowest BCUT2D eigenvalue weighted by Gasteiger charge is -2.16. The van der Waals surface area contributed by atoms with Crippen LogP contribution >= 0.6 is 0 Å². The van der Waals surface area contributed by atoms with E-state index >= 15 is 0 Å². The molecule has 0 spiro atoms. The van der Waals surface area contributed by atoms with E-state index in [2.05, 4.69) is 20.8 Å². The number of aliphatic hydroxyl groups excluding tert-OH is 1. The zero-order valence-electron chi connectivity index (χ0n) is 29.8. The molecule has 274 valence electrons. The van der Waals surface area contributed by atoms with Gasteiger partial charge >= 0.3 is 0 Å². The third kappa shape index (κ3) is 6.87. The van der Waals surface area contributed by atoms with Crippen LogP contribution in [-0.2, 0) is 32.6 Å².